The zero-order valence-corrected chi connectivity index (χ0v) is 20.1. The van der Waals surface area contributed by atoms with Crippen molar-refractivity contribution in [2.45, 2.75) is 19.6 Å². The number of benzene rings is 4. The van der Waals surface area contributed by atoms with Crippen LogP contribution in [0, 0.1) is 0 Å². The van der Waals surface area contributed by atoms with E-state index in [0.29, 0.717) is 0 Å². The Morgan fingerprint density at radius 2 is 1.39 bits per heavy atom. The normalized spacial score (nSPS) is 12.1. The van der Waals surface area contributed by atoms with E-state index in [1.165, 1.54) is 16.3 Å². The van der Waals surface area contributed by atoms with Gasteiger partial charge in [-0.15, -0.1) is 0 Å². The van der Waals surface area contributed by atoms with E-state index in [1.807, 2.05) is 12.1 Å². The maximum absolute atomic E-state index is 6.24. The van der Waals surface area contributed by atoms with E-state index in [-0.39, 0.29) is 0 Å². The molecule has 3 heteroatoms. The minimum atomic E-state index is -1.30. The molecule has 6 aromatic rings. The van der Waals surface area contributed by atoms with Crippen molar-refractivity contribution in [2.75, 3.05) is 0 Å². The van der Waals surface area contributed by atoms with Crippen LogP contribution in [0.3, 0.4) is 0 Å². The van der Waals surface area contributed by atoms with Crippen LogP contribution in [0.15, 0.2) is 101 Å². The lowest BCUT2D eigenvalue weighted by atomic mass is 10.0. The lowest BCUT2D eigenvalue weighted by Crippen LogP contribution is -2.37. The summed E-state index contributed by atoms with van der Waals surface area (Å²) >= 11 is 0. The van der Waals surface area contributed by atoms with Gasteiger partial charge in [-0.2, -0.15) is 0 Å². The number of nitrogens with zero attached hydrogens (tertiary/aromatic N) is 1. The van der Waals surface area contributed by atoms with Crippen LogP contribution in [0.4, 0.5) is 0 Å². The molecule has 0 N–H and O–H groups in total. The largest absolute Gasteiger partial charge is 0.455 e. The van der Waals surface area contributed by atoms with Gasteiger partial charge in [0.1, 0.15) is 11.2 Å². The number of aromatic nitrogens is 1. The van der Waals surface area contributed by atoms with Gasteiger partial charge < -0.3 is 4.42 Å². The molecule has 2 nitrogen and oxygen atoms in total. The molecule has 6 rings (SSSR count). The lowest BCUT2D eigenvalue weighted by Gasteiger charge is -2.16. The molecular formula is C30H25NOSi. The highest BCUT2D eigenvalue weighted by Gasteiger charge is 2.16. The second-order valence-electron chi connectivity index (χ2n) is 9.71. The van der Waals surface area contributed by atoms with Gasteiger partial charge in [-0.05, 0) is 35.4 Å². The first-order chi connectivity index (χ1) is 16.0. The van der Waals surface area contributed by atoms with Crippen LogP contribution >= 0.6 is 0 Å². The Kier molecular flexibility index (Phi) is 4.49. The molecule has 0 aliphatic heterocycles. The Hall–Kier alpha value is -3.69. The van der Waals surface area contributed by atoms with Crippen LogP contribution in [0.5, 0.6) is 0 Å². The predicted octanol–water partition coefficient (Wildman–Crippen LogP) is 8.01. The maximum atomic E-state index is 6.24. The molecule has 33 heavy (non-hydrogen) atoms. The molecule has 0 saturated carbocycles. The number of para-hydroxylation sites is 2. The summed E-state index contributed by atoms with van der Waals surface area (Å²) in [6.07, 6.45) is 0. The van der Waals surface area contributed by atoms with Gasteiger partial charge in [0.05, 0.1) is 19.3 Å². The Morgan fingerprint density at radius 1 is 0.667 bits per heavy atom. The van der Waals surface area contributed by atoms with Crippen molar-refractivity contribution in [3.05, 3.63) is 97.1 Å². The van der Waals surface area contributed by atoms with Gasteiger partial charge in [0, 0.05) is 21.7 Å². The predicted molar refractivity (Wildman–Crippen MR) is 143 cm³/mol. The second-order valence-corrected chi connectivity index (χ2v) is 14.8. The van der Waals surface area contributed by atoms with E-state index in [0.717, 1.165) is 44.1 Å². The molecule has 0 radical (unpaired) electrons. The third-order valence-electron chi connectivity index (χ3n) is 6.46. The fourth-order valence-corrected chi connectivity index (χ4v) is 5.72. The van der Waals surface area contributed by atoms with Crippen molar-refractivity contribution in [1.29, 1.82) is 0 Å². The van der Waals surface area contributed by atoms with Crippen molar-refractivity contribution in [2.24, 2.45) is 0 Å². The van der Waals surface area contributed by atoms with Crippen LogP contribution in [-0.2, 0) is 0 Å². The van der Waals surface area contributed by atoms with E-state index in [9.17, 15) is 0 Å². The summed E-state index contributed by atoms with van der Waals surface area (Å²) in [6.45, 7) is 7.14. The van der Waals surface area contributed by atoms with Crippen LogP contribution in [0.25, 0.3) is 55.2 Å². The number of hydrogen-bond acceptors (Lipinski definition) is 2. The number of pyridine rings is 1. The van der Waals surface area contributed by atoms with E-state index in [4.69, 9.17) is 9.40 Å². The molecule has 0 bridgehead atoms. The Morgan fingerprint density at radius 3 is 2.21 bits per heavy atom. The van der Waals surface area contributed by atoms with Gasteiger partial charge >= 0.3 is 0 Å². The van der Waals surface area contributed by atoms with Crippen molar-refractivity contribution in [1.82, 2.24) is 4.98 Å². The number of hydrogen-bond donors (Lipinski definition) is 0. The summed E-state index contributed by atoms with van der Waals surface area (Å²) in [5, 5.41) is 4.88. The highest BCUT2D eigenvalue weighted by Crippen LogP contribution is 2.35. The van der Waals surface area contributed by atoms with Gasteiger partial charge in [0.2, 0.25) is 0 Å². The molecule has 0 fully saturated rings. The third kappa shape index (κ3) is 3.45. The zero-order valence-electron chi connectivity index (χ0n) is 19.1. The molecule has 0 aliphatic rings. The van der Waals surface area contributed by atoms with Crippen molar-refractivity contribution >= 4 is 46.1 Å². The molecule has 160 valence electrons. The molecule has 0 amide bonds. The standard InChI is InChI=1S/C30H25NOSi/c1-33(2,3)23-16-13-20(14-17-23)22-12-11-21-15-18-27(31-28(21)19-22)26-9-6-8-25-24-7-4-5-10-29(24)32-30(25)26/h4-19H,1-3H3. The molecule has 2 heterocycles. The summed E-state index contributed by atoms with van der Waals surface area (Å²) in [7, 11) is -1.30. The first kappa shape index (κ1) is 20.0. The molecule has 0 atom stereocenters. The third-order valence-corrected chi connectivity index (χ3v) is 8.52. The van der Waals surface area contributed by atoms with Crippen molar-refractivity contribution in [3.63, 3.8) is 0 Å². The summed E-state index contributed by atoms with van der Waals surface area (Å²) in [4.78, 5) is 5.06. The van der Waals surface area contributed by atoms with Gasteiger partial charge in [-0.25, -0.2) is 4.98 Å². The van der Waals surface area contributed by atoms with Gasteiger partial charge in [-0.1, -0.05) is 97.6 Å². The average molecular weight is 444 g/mol. The van der Waals surface area contributed by atoms with Gasteiger partial charge in [-0.3, -0.25) is 0 Å². The fraction of sp³-hybridized carbons (Fsp3) is 0.100. The molecule has 0 unspecified atom stereocenters. The Bertz CT molecular complexity index is 1640. The Balaban J connectivity index is 1.46. The fourth-order valence-electron chi connectivity index (χ4n) is 4.56. The van der Waals surface area contributed by atoms with Gasteiger partial charge in [0.15, 0.2) is 0 Å². The van der Waals surface area contributed by atoms with E-state index in [1.54, 1.807) is 0 Å². The summed E-state index contributed by atoms with van der Waals surface area (Å²) < 4.78 is 6.24. The number of fused-ring (bicyclic) bond motifs is 4. The van der Waals surface area contributed by atoms with E-state index in [2.05, 4.69) is 105 Å². The monoisotopic (exact) mass is 443 g/mol. The topological polar surface area (TPSA) is 26.0 Å². The molecular weight excluding hydrogens is 418 g/mol. The zero-order chi connectivity index (χ0) is 22.6. The van der Waals surface area contributed by atoms with Crippen LogP contribution in [-0.4, -0.2) is 13.1 Å². The summed E-state index contributed by atoms with van der Waals surface area (Å²) in [6, 6.07) is 34.3. The van der Waals surface area contributed by atoms with Gasteiger partial charge in [0.25, 0.3) is 0 Å². The molecule has 0 spiro atoms. The smallest absolute Gasteiger partial charge is 0.144 e. The SMILES string of the molecule is C[Si](C)(C)c1ccc(-c2ccc3ccc(-c4cccc5c4oc4ccccc45)nc3c2)cc1. The first-order valence-corrected chi connectivity index (χ1v) is 14.9. The minimum Gasteiger partial charge on any atom is -0.455 e. The quantitative estimate of drug-likeness (QED) is 0.259. The molecule has 2 aromatic heterocycles. The van der Waals surface area contributed by atoms with Crippen LogP contribution < -0.4 is 5.19 Å². The Labute approximate surface area is 194 Å². The lowest BCUT2D eigenvalue weighted by molar-refractivity contribution is 0.670. The summed E-state index contributed by atoms with van der Waals surface area (Å²) in [5.41, 5.74) is 7.16. The van der Waals surface area contributed by atoms with Crippen molar-refractivity contribution in [3.8, 4) is 22.4 Å². The number of rotatable bonds is 3. The number of furan rings is 1. The molecule has 4 aromatic carbocycles. The minimum absolute atomic E-state index is 0.892. The molecule has 0 saturated heterocycles. The van der Waals surface area contributed by atoms with E-state index >= 15 is 0 Å². The second kappa shape index (κ2) is 7.43. The first-order valence-electron chi connectivity index (χ1n) is 11.4. The van der Waals surface area contributed by atoms with Crippen molar-refractivity contribution < 1.29 is 4.42 Å². The maximum Gasteiger partial charge on any atom is 0.144 e. The summed E-state index contributed by atoms with van der Waals surface area (Å²) in [5.74, 6) is 0. The van der Waals surface area contributed by atoms with Crippen LogP contribution in [0.2, 0.25) is 19.6 Å². The highest BCUT2D eigenvalue weighted by atomic mass is 28.3. The van der Waals surface area contributed by atoms with Crippen LogP contribution in [0.1, 0.15) is 0 Å². The highest BCUT2D eigenvalue weighted by molar-refractivity contribution is 6.88. The average Bonchev–Trinajstić information content (AvgIpc) is 3.22. The molecule has 0 aliphatic carbocycles. The van der Waals surface area contributed by atoms with E-state index < -0.39 is 8.07 Å².